The summed E-state index contributed by atoms with van der Waals surface area (Å²) in [5.41, 5.74) is 0. The molecule has 1 rings (SSSR count). The number of hydrogen-bond acceptors (Lipinski definition) is 0. The fraction of sp³-hybridized carbons (Fsp3) is 0.727. The Labute approximate surface area is 102 Å². The molecule has 0 unspecified atom stereocenters. The number of halogens is 2. The second-order valence-corrected chi connectivity index (χ2v) is 4.44. The molecule has 86 valence electrons. The van der Waals surface area contributed by atoms with E-state index in [-0.39, 0.29) is 0 Å². The highest BCUT2D eigenvalue weighted by atomic mass is 35.5. The van der Waals surface area contributed by atoms with Crippen LogP contribution in [0.25, 0.3) is 0 Å². The zero-order valence-electron chi connectivity index (χ0n) is 9.04. The van der Waals surface area contributed by atoms with Gasteiger partial charge >= 0.3 is 0 Å². The number of unbranched alkanes of at least 4 members (excludes halogenated alkanes) is 2. The van der Waals surface area contributed by atoms with E-state index in [1.54, 1.807) is 0 Å². The minimum Gasteiger partial charge on any atom is -0.237 e. The van der Waals surface area contributed by atoms with Crippen molar-refractivity contribution >= 4 is 23.2 Å². The van der Waals surface area contributed by atoms with E-state index in [2.05, 4.69) is 27.9 Å². The lowest BCUT2D eigenvalue weighted by atomic mass is 10.3. The van der Waals surface area contributed by atoms with Gasteiger partial charge in [-0.1, -0.05) is 0 Å². The number of hydrogen-bond donors (Lipinski definition) is 0. The van der Waals surface area contributed by atoms with Crippen LogP contribution in [0.5, 0.6) is 0 Å². The van der Waals surface area contributed by atoms with Crippen LogP contribution in [0.1, 0.15) is 25.7 Å². The van der Waals surface area contributed by atoms with Crippen molar-refractivity contribution in [2.24, 2.45) is 0 Å². The summed E-state index contributed by atoms with van der Waals surface area (Å²) in [5, 5.41) is 0. The summed E-state index contributed by atoms with van der Waals surface area (Å²) in [5.74, 6) is 1.52. The van der Waals surface area contributed by atoms with Gasteiger partial charge in [0.2, 0.25) is 6.33 Å². The first-order valence-electron chi connectivity index (χ1n) is 5.53. The highest BCUT2D eigenvalue weighted by molar-refractivity contribution is 6.18. The zero-order valence-corrected chi connectivity index (χ0v) is 10.6. The lowest BCUT2D eigenvalue weighted by Gasteiger charge is -1.95. The molecule has 0 fully saturated rings. The standard InChI is InChI=1S/C11H19Cl2N2/c12-5-1-3-7-14-9-10-15(11-14)8-4-2-6-13/h9-11H,1-8H2/q+1. The number of aromatic nitrogens is 2. The molecule has 4 heteroatoms. The molecule has 0 spiro atoms. The minimum atomic E-state index is 0.761. The first-order chi connectivity index (χ1) is 7.36. The molecule has 1 aromatic rings. The van der Waals surface area contributed by atoms with Gasteiger partial charge in [-0.05, 0) is 25.7 Å². The van der Waals surface area contributed by atoms with Crippen LogP contribution in [0.15, 0.2) is 18.7 Å². The maximum atomic E-state index is 5.63. The highest BCUT2D eigenvalue weighted by Gasteiger charge is 2.02. The average molecular weight is 250 g/mol. The van der Waals surface area contributed by atoms with Gasteiger partial charge in [0.25, 0.3) is 0 Å². The van der Waals surface area contributed by atoms with Gasteiger partial charge < -0.3 is 0 Å². The lowest BCUT2D eigenvalue weighted by Crippen LogP contribution is -2.30. The summed E-state index contributed by atoms with van der Waals surface area (Å²) in [6.07, 6.45) is 10.9. The maximum Gasteiger partial charge on any atom is 0.243 e. The molecule has 0 radical (unpaired) electrons. The van der Waals surface area contributed by atoms with Crippen molar-refractivity contribution in [2.45, 2.75) is 38.8 Å². The first kappa shape index (κ1) is 12.9. The van der Waals surface area contributed by atoms with Gasteiger partial charge in [-0.2, -0.15) is 0 Å². The first-order valence-corrected chi connectivity index (χ1v) is 6.60. The fourth-order valence-corrected chi connectivity index (χ4v) is 1.86. The summed E-state index contributed by atoms with van der Waals surface area (Å²) in [4.78, 5) is 0. The van der Waals surface area contributed by atoms with Gasteiger partial charge in [0.1, 0.15) is 12.4 Å². The van der Waals surface area contributed by atoms with Crippen LogP contribution in [0.4, 0.5) is 0 Å². The Morgan fingerprint density at radius 1 is 1.00 bits per heavy atom. The largest absolute Gasteiger partial charge is 0.243 e. The predicted molar refractivity (Wildman–Crippen MR) is 64.5 cm³/mol. The summed E-state index contributed by atoms with van der Waals surface area (Å²) in [6.45, 7) is 2.13. The summed E-state index contributed by atoms with van der Waals surface area (Å²) >= 11 is 11.3. The van der Waals surface area contributed by atoms with Crippen LogP contribution in [0.2, 0.25) is 0 Å². The van der Waals surface area contributed by atoms with Gasteiger partial charge in [0.05, 0.1) is 13.1 Å². The van der Waals surface area contributed by atoms with Crippen molar-refractivity contribution in [2.75, 3.05) is 11.8 Å². The van der Waals surface area contributed by atoms with Gasteiger partial charge in [0.15, 0.2) is 0 Å². The Morgan fingerprint density at radius 2 is 1.73 bits per heavy atom. The number of aryl methyl sites for hydroxylation is 2. The van der Waals surface area contributed by atoms with Crippen LogP contribution >= 0.6 is 23.2 Å². The molecule has 0 aliphatic carbocycles. The van der Waals surface area contributed by atoms with E-state index < -0.39 is 0 Å². The maximum absolute atomic E-state index is 5.63. The highest BCUT2D eigenvalue weighted by Crippen LogP contribution is 1.97. The summed E-state index contributed by atoms with van der Waals surface area (Å²) in [7, 11) is 0. The molecule has 0 aromatic carbocycles. The minimum absolute atomic E-state index is 0.761. The van der Waals surface area contributed by atoms with Crippen molar-refractivity contribution in [1.29, 1.82) is 0 Å². The van der Waals surface area contributed by atoms with Gasteiger partial charge in [0, 0.05) is 11.8 Å². The fourth-order valence-electron chi connectivity index (χ4n) is 1.48. The Hall–Kier alpha value is -0.210. The number of imidazole rings is 1. The topological polar surface area (TPSA) is 8.81 Å². The van der Waals surface area contributed by atoms with Crippen molar-refractivity contribution < 1.29 is 4.57 Å². The van der Waals surface area contributed by atoms with Gasteiger partial charge in [-0.3, -0.25) is 0 Å². The van der Waals surface area contributed by atoms with Crippen LogP contribution in [0, 0.1) is 0 Å². The van der Waals surface area contributed by atoms with Crippen LogP contribution in [-0.2, 0) is 13.1 Å². The second-order valence-electron chi connectivity index (χ2n) is 3.68. The van der Waals surface area contributed by atoms with E-state index in [4.69, 9.17) is 23.2 Å². The molecule has 2 nitrogen and oxygen atoms in total. The molecule has 1 heterocycles. The van der Waals surface area contributed by atoms with Crippen molar-refractivity contribution in [3.8, 4) is 0 Å². The predicted octanol–water partition coefficient (Wildman–Crippen LogP) is 2.81. The normalized spacial score (nSPS) is 10.8. The summed E-state index contributed by atoms with van der Waals surface area (Å²) in [6, 6.07) is 0. The molecular formula is C11H19Cl2N2+. The molecule has 0 aliphatic heterocycles. The number of alkyl halides is 2. The third-order valence-electron chi connectivity index (χ3n) is 2.35. The van der Waals surface area contributed by atoms with E-state index in [1.807, 2.05) is 0 Å². The molecule has 0 saturated heterocycles. The van der Waals surface area contributed by atoms with E-state index in [1.165, 1.54) is 0 Å². The Morgan fingerprint density at radius 3 is 2.47 bits per heavy atom. The van der Waals surface area contributed by atoms with E-state index >= 15 is 0 Å². The summed E-state index contributed by atoms with van der Waals surface area (Å²) < 4.78 is 4.43. The molecular weight excluding hydrogens is 231 g/mol. The molecule has 0 N–H and O–H groups in total. The average Bonchev–Trinajstić information content (AvgIpc) is 2.67. The monoisotopic (exact) mass is 249 g/mol. The third-order valence-corrected chi connectivity index (χ3v) is 2.88. The SMILES string of the molecule is ClCCCCn1cc[n+](CCCCCl)c1. The smallest absolute Gasteiger partial charge is 0.237 e. The molecule has 0 saturated carbocycles. The van der Waals surface area contributed by atoms with Crippen LogP contribution in [-0.4, -0.2) is 16.3 Å². The third kappa shape index (κ3) is 5.43. The van der Waals surface area contributed by atoms with E-state index in [0.29, 0.717) is 0 Å². The Kier molecular flexibility index (Phi) is 6.86. The molecule has 15 heavy (non-hydrogen) atoms. The van der Waals surface area contributed by atoms with Gasteiger partial charge in [-0.25, -0.2) is 9.13 Å². The quantitative estimate of drug-likeness (QED) is 0.381. The Bertz CT molecular complexity index is 236. The molecule has 0 aliphatic rings. The molecule has 0 amide bonds. The van der Waals surface area contributed by atoms with Crippen molar-refractivity contribution in [1.82, 2.24) is 4.57 Å². The Balaban J connectivity index is 2.23. The number of nitrogens with zero attached hydrogens (tertiary/aromatic N) is 2. The van der Waals surface area contributed by atoms with Crippen LogP contribution < -0.4 is 4.57 Å². The van der Waals surface area contributed by atoms with E-state index in [0.717, 1.165) is 50.5 Å². The lowest BCUT2D eigenvalue weighted by molar-refractivity contribution is -0.696. The zero-order chi connectivity index (χ0) is 10.9. The van der Waals surface area contributed by atoms with Crippen molar-refractivity contribution in [3.63, 3.8) is 0 Å². The molecule has 0 atom stereocenters. The molecule has 1 aromatic heterocycles. The second kappa shape index (κ2) is 8.00. The van der Waals surface area contributed by atoms with Crippen LogP contribution in [0.3, 0.4) is 0 Å². The van der Waals surface area contributed by atoms with E-state index in [9.17, 15) is 0 Å². The molecule has 0 bridgehead atoms. The van der Waals surface area contributed by atoms with Crippen molar-refractivity contribution in [3.05, 3.63) is 18.7 Å². The number of rotatable bonds is 8. The van der Waals surface area contributed by atoms with Gasteiger partial charge in [-0.15, -0.1) is 23.2 Å².